The van der Waals surface area contributed by atoms with Crippen LogP contribution in [-0.2, 0) is 72.1 Å². The highest BCUT2D eigenvalue weighted by Gasteiger charge is 2.42. The van der Waals surface area contributed by atoms with E-state index in [1.165, 1.54) is 26.0 Å². The minimum absolute atomic E-state index is 0.0387. The summed E-state index contributed by atoms with van der Waals surface area (Å²) in [4.78, 5) is 113. The molecule has 0 aliphatic carbocycles. The van der Waals surface area contributed by atoms with Gasteiger partial charge in [0, 0.05) is 20.0 Å². The molecule has 0 radical (unpaired) electrons. The zero-order valence-corrected chi connectivity index (χ0v) is 47.1. The number of likely N-dealkylation sites (tertiary alicyclic amines) is 1. The standard InChI is InChI=1S/C58H81N5O15/c1-35(2)30-43(53(68)63-29-19-24-44(63)54(69)74-33-40-20-15-13-16-21-40)59-52(67)50(37(5)6)77-47(65)32-46(64)48(36(3)4)60-51(66)49(61-56(71)78-58(8,9)10)38(7)76-55(70)45(31-39-25-27-42(73-12)28-26-39)62(11)57(72)75-34-41-22-17-14-18-23-41/h13-18,20-23,25-28,35-38,43-46,48-50,64H,19,24,29-34H2,1-12H3,(H,59,67)(H,60,66)(H,61,71)/t38-,43+,44+,45+,46+,48-,49+,50+/m1/s1. The second-order valence-electron chi connectivity index (χ2n) is 21.7. The van der Waals surface area contributed by atoms with Crippen LogP contribution >= 0.6 is 0 Å². The Labute approximate surface area is 458 Å². The van der Waals surface area contributed by atoms with Gasteiger partial charge in [-0.2, -0.15) is 0 Å². The van der Waals surface area contributed by atoms with Crippen LogP contribution in [0.15, 0.2) is 84.9 Å². The van der Waals surface area contributed by atoms with E-state index in [2.05, 4.69) is 16.0 Å². The number of amides is 5. The van der Waals surface area contributed by atoms with Gasteiger partial charge in [-0.25, -0.2) is 19.2 Å². The maximum Gasteiger partial charge on any atom is 0.410 e. The van der Waals surface area contributed by atoms with E-state index in [1.54, 1.807) is 97.0 Å². The van der Waals surface area contributed by atoms with Gasteiger partial charge in [-0.15, -0.1) is 0 Å². The summed E-state index contributed by atoms with van der Waals surface area (Å²) in [6.07, 6.45) is -5.95. The van der Waals surface area contributed by atoms with Crippen LogP contribution in [0.2, 0.25) is 0 Å². The lowest BCUT2D eigenvalue weighted by atomic mass is 9.95. The first-order valence-electron chi connectivity index (χ1n) is 26.5. The highest BCUT2D eigenvalue weighted by atomic mass is 16.6. The van der Waals surface area contributed by atoms with E-state index < -0.39 is 120 Å². The topological polar surface area (TPSA) is 255 Å². The fraction of sp³-hybridized carbons (Fsp3) is 0.552. The van der Waals surface area contributed by atoms with E-state index in [4.69, 9.17) is 28.4 Å². The van der Waals surface area contributed by atoms with Crippen molar-refractivity contribution >= 4 is 47.8 Å². The van der Waals surface area contributed by atoms with Crippen LogP contribution in [0.25, 0.3) is 0 Å². The molecule has 78 heavy (non-hydrogen) atoms. The summed E-state index contributed by atoms with van der Waals surface area (Å²) in [5.41, 5.74) is 1.11. The van der Waals surface area contributed by atoms with Gasteiger partial charge in [0.2, 0.25) is 11.8 Å². The average molecular weight is 1090 g/mol. The van der Waals surface area contributed by atoms with Crippen LogP contribution in [-0.4, -0.2) is 138 Å². The number of aliphatic hydroxyl groups is 1. The van der Waals surface area contributed by atoms with Crippen molar-refractivity contribution in [1.82, 2.24) is 25.8 Å². The molecule has 4 rings (SSSR count). The fourth-order valence-corrected chi connectivity index (χ4v) is 8.66. The van der Waals surface area contributed by atoms with Crippen molar-refractivity contribution in [3.63, 3.8) is 0 Å². The van der Waals surface area contributed by atoms with Crippen molar-refractivity contribution in [3.8, 4) is 5.75 Å². The predicted molar refractivity (Wildman–Crippen MR) is 288 cm³/mol. The average Bonchev–Trinajstić information content (AvgIpc) is 3.89. The summed E-state index contributed by atoms with van der Waals surface area (Å²) >= 11 is 0. The molecule has 0 bridgehead atoms. The summed E-state index contributed by atoms with van der Waals surface area (Å²) in [5, 5.41) is 19.6. The van der Waals surface area contributed by atoms with E-state index >= 15 is 0 Å². The van der Waals surface area contributed by atoms with Gasteiger partial charge in [0.25, 0.3) is 5.91 Å². The third-order valence-corrected chi connectivity index (χ3v) is 12.8. The van der Waals surface area contributed by atoms with Gasteiger partial charge in [0.05, 0.1) is 25.7 Å². The smallest absolute Gasteiger partial charge is 0.410 e. The molecule has 1 aliphatic heterocycles. The molecule has 0 saturated carbocycles. The zero-order chi connectivity index (χ0) is 57.9. The first-order valence-corrected chi connectivity index (χ1v) is 26.5. The molecule has 5 amide bonds. The zero-order valence-electron chi connectivity index (χ0n) is 47.1. The SMILES string of the molecule is COc1ccc(C[C@@H](C(=O)O[C@H](C)[C@H](NC(=O)OC(C)(C)C)C(=O)N[C@H](C(C)C)[C@@H](O)CC(=O)O[C@H](C(=O)N[C@@H](CC(C)C)C(=O)N2CCC[C@H]2C(=O)OCc2ccccc2)C(C)C)N(C)C(=O)OCc2ccccc2)cc1. The lowest BCUT2D eigenvalue weighted by Crippen LogP contribution is -2.59. The van der Waals surface area contributed by atoms with Crippen molar-refractivity contribution in [2.75, 3.05) is 20.7 Å². The van der Waals surface area contributed by atoms with Gasteiger partial charge in [0.1, 0.15) is 54.8 Å². The molecular weight excluding hydrogens is 1010 g/mol. The Bertz CT molecular complexity index is 2450. The van der Waals surface area contributed by atoms with Crippen LogP contribution in [0.5, 0.6) is 5.75 Å². The number of ether oxygens (including phenoxy) is 6. The molecule has 0 spiro atoms. The maximum atomic E-state index is 14.4. The fourth-order valence-electron chi connectivity index (χ4n) is 8.66. The normalized spacial score (nSPS) is 16.1. The molecule has 1 aliphatic rings. The van der Waals surface area contributed by atoms with Crippen LogP contribution < -0.4 is 20.7 Å². The Morgan fingerprint density at radius 1 is 0.731 bits per heavy atom. The molecule has 0 aromatic heterocycles. The lowest BCUT2D eigenvalue weighted by molar-refractivity contribution is -0.162. The molecule has 3 aromatic carbocycles. The van der Waals surface area contributed by atoms with E-state index in [9.17, 15) is 43.5 Å². The molecule has 428 valence electrons. The van der Waals surface area contributed by atoms with Gasteiger partial charge < -0.3 is 54.4 Å². The number of hydrogen-bond donors (Lipinski definition) is 4. The third-order valence-electron chi connectivity index (χ3n) is 12.8. The lowest BCUT2D eigenvalue weighted by Gasteiger charge is -2.33. The molecule has 4 N–H and O–H groups in total. The van der Waals surface area contributed by atoms with Crippen molar-refractivity contribution in [1.29, 1.82) is 0 Å². The Balaban J connectivity index is 1.49. The molecule has 3 aromatic rings. The van der Waals surface area contributed by atoms with Crippen LogP contribution in [0.1, 0.15) is 112 Å². The number of carbonyl (C=O) groups is 8. The summed E-state index contributed by atoms with van der Waals surface area (Å²) in [5.74, 6) is -5.33. The Morgan fingerprint density at radius 2 is 1.32 bits per heavy atom. The van der Waals surface area contributed by atoms with E-state index in [0.29, 0.717) is 29.7 Å². The second kappa shape index (κ2) is 30.1. The minimum atomic E-state index is -1.66. The van der Waals surface area contributed by atoms with Crippen molar-refractivity contribution in [2.45, 2.75) is 169 Å². The number of methoxy groups -OCH3 is 1. The van der Waals surface area contributed by atoms with E-state index in [-0.39, 0.29) is 38.5 Å². The Hall–Kier alpha value is -7.22. The summed E-state index contributed by atoms with van der Waals surface area (Å²) in [7, 11) is 2.88. The van der Waals surface area contributed by atoms with E-state index in [0.717, 1.165) is 10.5 Å². The number of likely N-dealkylation sites (N-methyl/N-ethyl adjacent to an activating group) is 1. The number of rotatable bonds is 26. The number of esters is 3. The number of aliphatic hydroxyl groups excluding tert-OH is 1. The quantitative estimate of drug-likeness (QED) is 0.0500. The van der Waals surface area contributed by atoms with Gasteiger partial charge in [-0.3, -0.25) is 24.1 Å². The summed E-state index contributed by atoms with van der Waals surface area (Å²) in [6, 6.07) is 18.8. The molecule has 1 saturated heterocycles. The number of carbonyl (C=O) groups excluding carboxylic acids is 8. The number of alkyl carbamates (subject to hydrolysis) is 1. The number of nitrogens with zero attached hydrogens (tertiary/aromatic N) is 2. The van der Waals surface area contributed by atoms with Crippen LogP contribution in [0.4, 0.5) is 9.59 Å². The first-order chi connectivity index (χ1) is 36.8. The van der Waals surface area contributed by atoms with Crippen LogP contribution in [0, 0.1) is 17.8 Å². The molecule has 8 atom stereocenters. The first kappa shape index (κ1) is 63.3. The summed E-state index contributed by atoms with van der Waals surface area (Å²) < 4.78 is 33.5. The highest BCUT2D eigenvalue weighted by molar-refractivity contribution is 5.93. The molecular formula is C58H81N5O15. The Kier molecular flexibility index (Phi) is 24.4. The Morgan fingerprint density at radius 3 is 1.86 bits per heavy atom. The van der Waals surface area contributed by atoms with Crippen molar-refractivity contribution < 1.29 is 71.9 Å². The van der Waals surface area contributed by atoms with Crippen LogP contribution in [0.3, 0.4) is 0 Å². The molecule has 20 heteroatoms. The second-order valence-corrected chi connectivity index (χ2v) is 21.7. The minimum Gasteiger partial charge on any atom is -0.497 e. The number of nitrogens with one attached hydrogen (secondary N) is 3. The molecule has 20 nitrogen and oxygen atoms in total. The third kappa shape index (κ3) is 20.0. The largest absolute Gasteiger partial charge is 0.497 e. The van der Waals surface area contributed by atoms with Crippen molar-refractivity contribution in [3.05, 3.63) is 102 Å². The highest BCUT2D eigenvalue weighted by Crippen LogP contribution is 2.24. The maximum absolute atomic E-state index is 14.4. The monoisotopic (exact) mass is 1090 g/mol. The van der Waals surface area contributed by atoms with Gasteiger partial charge in [-0.05, 0) is 93.5 Å². The van der Waals surface area contributed by atoms with E-state index in [1.807, 2.05) is 50.2 Å². The number of hydrogen-bond acceptors (Lipinski definition) is 15. The van der Waals surface area contributed by atoms with Gasteiger partial charge in [0.15, 0.2) is 6.10 Å². The molecule has 1 fully saturated rings. The predicted octanol–water partition coefficient (Wildman–Crippen LogP) is 6.42. The van der Waals surface area contributed by atoms with Gasteiger partial charge in [-0.1, -0.05) is 114 Å². The molecule has 1 heterocycles. The summed E-state index contributed by atoms with van der Waals surface area (Å²) in [6.45, 7) is 16.8. The number of benzene rings is 3. The van der Waals surface area contributed by atoms with Gasteiger partial charge >= 0.3 is 30.1 Å². The van der Waals surface area contributed by atoms with Crippen molar-refractivity contribution in [2.24, 2.45) is 17.8 Å². The molecule has 0 unspecified atom stereocenters.